The molecule has 0 amide bonds. The van der Waals surface area contributed by atoms with Crippen LogP contribution in [-0.2, 0) is 27.9 Å². The van der Waals surface area contributed by atoms with E-state index in [0.29, 0.717) is 29.0 Å². The minimum absolute atomic E-state index is 0.0306. The molecule has 0 aromatic heterocycles. The maximum atomic E-state index is 12.7. The number of nitrogens with two attached hydrogens (primary N) is 1. The SMILES string of the molecule is CCCC(=O)Oc1ccc(S(=O)(=O)NCc2cc(OC)cc(OC)c2)cc1CN. The molecule has 3 N–H and O–H groups in total. The van der Waals surface area contributed by atoms with Gasteiger partial charge in [0.05, 0.1) is 19.1 Å². The smallest absolute Gasteiger partial charge is 0.311 e. The molecule has 9 heteroatoms. The molecule has 0 fully saturated rings. The number of carbonyl (C=O) groups is 1. The molecule has 2 rings (SSSR count). The molecule has 0 atom stereocenters. The summed E-state index contributed by atoms with van der Waals surface area (Å²) in [4.78, 5) is 11.7. The number of benzene rings is 2. The Bertz CT molecular complexity index is 937. The Kier molecular flexibility index (Phi) is 8.00. The van der Waals surface area contributed by atoms with Gasteiger partial charge in [-0.15, -0.1) is 0 Å². The Morgan fingerprint density at radius 1 is 1.07 bits per heavy atom. The van der Waals surface area contributed by atoms with Crippen LogP contribution < -0.4 is 24.7 Å². The van der Waals surface area contributed by atoms with Crippen LogP contribution in [0.5, 0.6) is 17.2 Å². The van der Waals surface area contributed by atoms with E-state index in [1.165, 1.54) is 32.4 Å². The van der Waals surface area contributed by atoms with E-state index >= 15 is 0 Å². The van der Waals surface area contributed by atoms with Crippen LogP contribution >= 0.6 is 0 Å². The van der Waals surface area contributed by atoms with Crippen LogP contribution in [-0.4, -0.2) is 28.6 Å². The summed E-state index contributed by atoms with van der Waals surface area (Å²) in [6.07, 6.45) is 0.928. The molecule has 2 aromatic carbocycles. The summed E-state index contributed by atoms with van der Waals surface area (Å²) in [7, 11) is -0.774. The number of rotatable bonds is 10. The highest BCUT2D eigenvalue weighted by molar-refractivity contribution is 7.89. The molecule has 8 nitrogen and oxygen atoms in total. The topological polar surface area (TPSA) is 117 Å². The van der Waals surface area contributed by atoms with Gasteiger partial charge in [-0.1, -0.05) is 6.92 Å². The number of esters is 1. The van der Waals surface area contributed by atoms with E-state index in [1.807, 2.05) is 6.92 Å². The van der Waals surface area contributed by atoms with E-state index in [4.69, 9.17) is 19.9 Å². The van der Waals surface area contributed by atoms with Crippen LogP contribution in [0.4, 0.5) is 0 Å². The summed E-state index contributed by atoms with van der Waals surface area (Å²) in [6.45, 7) is 1.94. The summed E-state index contributed by atoms with van der Waals surface area (Å²) in [5, 5.41) is 0. The molecule has 0 aliphatic rings. The fraction of sp³-hybridized carbons (Fsp3) is 0.350. The molecule has 0 saturated carbocycles. The lowest BCUT2D eigenvalue weighted by Gasteiger charge is -2.13. The number of hydrogen-bond donors (Lipinski definition) is 2. The van der Waals surface area contributed by atoms with E-state index in [9.17, 15) is 13.2 Å². The molecule has 0 heterocycles. The number of sulfonamides is 1. The van der Waals surface area contributed by atoms with E-state index in [1.54, 1.807) is 18.2 Å². The van der Waals surface area contributed by atoms with E-state index in [0.717, 1.165) is 0 Å². The van der Waals surface area contributed by atoms with Crippen molar-refractivity contribution in [1.29, 1.82) is 0 Å². The standard InChI is InChI=1S/C20H26N2O6S/c1-4-5-20(23)28-19-7-6-18(10-15(19)12-21)29(24,25)22-13-14-8-16(26-2)11-17(9-14)27-3/h6-11,22H,4-5,12-13,21H2,1-3H3. The van der Waals surface area contributed by atoms with E-state index < -0.39 is 10.0 Å². The molecule has 0 bridgehead atoms. The van der Waals surface area contributed by atoms with Gasteiger partial charge in [0.25, 0.3) is 0 Å². The molecule has 2 aromatic rings. The summed E-state index contributed by atoms with van der Waals surface area (Å²) < 4.78 is 43.6. The Morgan fingerprint density at radius 2 is 1.72 bits per heavy atom. The minimum atomic E-state index is -3.81. The maximum Gasteiger partial charge on any atom is 0.311 e. The van der Waals surface area contributed by atoms with Crippen molar-refractivity contribution in [2.75, 3.05) is 14.2 Å². The van der Waals surface area contributed by atoms with Crippen LogP contribution in [0.15, 0.2) is 41.3 Å². The van der Waals surface area contributed by atoms with Gasteiger partial charge in [0.15, 0.2) is 0 Å². The van der Waals surface area contributed by atoms with Crippen molar-refractivity contribution in [2.45, 2.75) is 37.8 Å². The lowest BCUT2D eigenvalue weighted by atomic mass is 10.2. The normalized spacial score (nSPS) is 11.2. The number of ether oxygens (including phenoxy) is 3. The monoisotopic (exact) mass is 422 g/mol. The van der Waals surface area contributed by atoms with Gasteiger partial charge in [0.1, 0.15) is 17.2 Å². The Morgan fingerprint density at radius 3 is 2.28 bits per heavy atom. The van der Waals surface area contributed by atoms with Gasteiger partial charge in [-0.05, 0) is 42.3 Å². The number of methoxy groups -OCH3 is 2. The third kappa shape index (κ3) is 6.18. The van der Waals surface area contributed by atoms with Crippen molar-refractivity contribution in [3.05, 3.63) is 47.5 Å². The second-order valence-corrected chi connectivity index (χ2v) is 8.01. The molecule has 158 valence electrons. The van der Waals surface area contributed by atoms with E-state index in [2.05, 4.69) is 4.72 Å². The Hall–Kier alpha value is -2.62. The van der Waals surface area contributed by atoms with Gasteiger partial charge in [-0.3, -0.25) is 4.79 Å². The fourth-order valence-electron chi connectivity index (χ4n) is 2.59. The van der Waals surface area contributed by atoms with Crippen molar-refractivity contribution >= 4 is 16.0 Å². The van der Waals surface area contributed by atoms with Crippen molar-refractivity contribution < 1.29 is 27.4 Å². The fourth-order valence-corrected chi connectivity index (χ4v) is 3.66. The molecular formula is C20H26N2O6S. The summed E-state index contributed by atoms with van der Waals surface area (Å²) in [6, 6.07) is 9.35. The van der Waals surface area contributed by atoms with Crippen molar-refractivity contribution in [3.8, 4) is 17.2 Å². The van der Waals surface area contributed by atoms with Crippen molar-refractivity contribution in [2.24, 2.45) is 5.73 Å². The lowest BCUT2D eigenvalue weighted by Crippen LogP contribution is -2.23. The number of carbonyl (C=O) groups excluding carboxylic acids is 1. The van der Waals surface area contributed by atoms with E-state index in [-0.39, 0.29) is 36.1 Å². The largest absolute Gasteiger partial charge is 0.497 e. The summed E-state index contributed by atoms with van der Waals surface area (Å²) in [5.41, 5.74) is 6.81. The average Bonchev–Trinajstić information content (AvgIpc) is 2.72. The van der Waals surface area contributed by atoms with Gasteiger partial charge in [0.2, 0.25) is 10.0 Å². The first-order valence-corrected chi connectivity index (χ1v) is 10.6. The van der Waals surface area contributed by atoms with Gasteiger partial charge >= 0.3 is 5.97 Å². The van der Waals surface area contributed by atoms with Crippen LogP contribution in [0.3, 0.4) is 0 Å². The first-order valence-electron chi connectivity index (χ1n) is 9.08. The predicted molar refractivity (Wildman–Crippen MR) is 108 cm³/mol. The second kappa shape index (κ2) is 10.2. The highest BCUT2D eigenvalue weighted by Crippen LogP contribution is 2.25. The van der Waals surface area contributed by atoms with Crippen LogP contribution in [0.1, 0.15) is 30.9 Å². The molecule has 0 aliphatic heterocycles. The maximum absolute atomic E-state index is 12.7. The first-order chi connectivity index (χ1) is 13.8. The zero-order valence-corrected chi connectivity index (χ0v) is 17.5. The summed E-state index contributed by atoms with van der Waals surface area (Å²) >= 11 is 0. The quantitative estimate of drug-likeness (QED) is 0.446. The summed E-state index contributed by atoms with van der Waals surface area (Å²) in [5.74, 6) is 0.995. The molecule has 29 heavy (non-hydrogen) atoms. The lowest BCUT2D eigenvalue weighted by molar-refractivity contribution is -0.134. The molecule has 0 spiro atoms. The second-order valence-electron chi connectivity index (χ2n) is 6.24. The van der Waals surface area contributed by atoms with Gasteiger partial charge < -0.3 is 19.9 Å². The minimum Gasteiger partial charge on any atom is -0.497 e. The highest BCUT2D eigenvalue weighted by Gasteiger charge is 2.18. The number of hydrogen-bond acceptors (Lipinski definition) is 7. The van der Waals surface area contributed by atoms with Crippen LogP contribution in [0.25, 0.3) is 0 Å². The Balaban J connectivity index is 2.19. The highest BCUT2D eigenvalue weighted by atomic mass is 32.2. The van der Waals surface area contributed by atoms with Gasteiger partial charge in [-0.2, -0.15) is 0 Å². The molecule has 0 unspecified atom stereocenters. The van der Waals surface area contributed by atoms with Crippen LogP contribution in [0.2, 0.25) is 0 Å². The molecular weight excluding hydrogens is 396 g/mol. The first kappa shape index (κ1) is 22.7. The third-order valence-corrected chi connectivity index (χ3v) is 5.52. The molecule has 0 aliphatic carbocycles. The van der Waals surface area contributed by atoms with Crippen molar-refractivity contribution in [3.63, 3.8) is 0 Å². The zero-order valence-electron chi connectivity index (χ0n) is 16.7. The van der Waals surface area contributed by atoms with Gasteiger partial charge in [-0.25, -0.2) is 13.1 Å². The Labute approximate surface area is 171 Å². The van der Waals surface area contributed by atoms with Crippen LogP contribution in [0, 0.1) is 0 Å². The van der Waals surface area contributed by atoms with Gasteiger partial charge in [0, 0.05) is 31.1 Å². The van der Waals surface area contributed by atoms with Crippen molar-refractivity contribution in [1.82, 2.24) is 4.72 Å². The molecule has 0 saturated heterocycles. The zero-order chi connectivity index (χ0) is 21.4. The number of nitrogens with one attached hydrogen (secondary N) is 1. The third-order valence-electron chi connectivity index (χ3n) is 4.12. The predicted octanol–water partition coefficient (Wildman–Crippen LogP) is 2.35. The average molecular weight is 423 g/mol. The molecule has 0 radical (unpaired) electrons.